The number of aromatic nitrogens is 1. The molecule has 1 fully saturated rings. The Hall–Kier alpha value is -1.98. The van der Waals surface area contributed by atoms with Crippen LogP contribution in [-0.4, -0.2) is 53.8 Å². The van der Waals surface area contributed by atoms with Crippen LogP contribution >= 0.6 is 0 Å². The van der Waals surface area contributed by atoms with Crippen molar-refractivity contribution in [3.8, 4) is 0 Å². The Labute approximate surface area is 135 Å². The fraction of sp³-hybridized carbons (Fsp3) is 0.444. The standard InChI is InChI=1S/C18H23N3O2/c1-12-16(11-21-8-6-20(3)7-9-21)18(23)15-10-14(13(2)22)4-5-17(15)19-12/h4-5,10H,6-9,11H2,1-3H3,(H,19,23). The van der Waals surface area contributed by atoms with Crippen molar-refractivity contribution >= 4 is 16.7 Å². The molecule has 1 aliphatic heterocycles. The molecule has 0 radical (unpaired) electrons. The van der Waals surface area contributed by atoms with Gasteiger partial charge in [-0.25, -0.2) is 0 Å². The van der Waals surface area contributed by atoms with E-state index in [1.54, 1.807) is 12.1 Å². The molecule has 2 heterocycles. The number of fused-ring (bicyclic) bond motifs is 1. The van der Waals surface area contributed by atoms with Gasteiger partial charge >= 0.3 is 0 Å². The Kier molecular flexibility index (Phi) is 4.33. The minimum Gasteiger partial charge on any atom is -0.358 e. The van der Waals surface area contributed by atoms with E-state index in [9.17, 15) is 9.59 Å². The Morgan fingerprint density at radius 1 is 1.22 bits per heavy atom. The number of nitrogens with zero attached hydrogens (tertiary/aromatic N) is 2. The quantitative estimate of drug-likeness (QED) is 0.878. The summed E-state index contributed by atoms with van der Waals surface area (Å²) in [5.41, 5.74) is 3.13. The fourth-order valence-electron chi connectivity index (χ4n) is 3.09. The van der Waals surface area contributed by atoms with E-state index in [0.717, 1.165) is 43.0 Å². The lowest BCUT2D eigenvalue weighted by Gasteiger charge is -2.32. The molecule has 1 aliphatic rings. The van der Waals surface area contributed by atoms with Gasteiger partial charge in [0.05, 0.1) is 0 Å². The average Bonchev–Trinajstić information content (AvgIpc) is 2.53. The fourth-order valence-corrected chi connectivity index (χ4v) is 3.09. The van der Waals surface area contributed by atoms with Crippen molar-refractivity contribution in [1.29, 1.82) is 0 Å². The van der Waals surface area contributed by atoms with Crippen LogP contribution in [0.15, 0.2) is 23.0 Å². The lowest BCUT2D eigenvalue weighted by Crippen LogP contribution is -2.44. The molecule has 0 unspecified atom stereocenters. The van der Waals surface area contributed by atoms with Gasteiger partial charge in [0.15, 0.2) is 11.2 Å². The number of carbonyl (C=O) groups is 1. The molecule has 0 bridgehead atoms. The summed E-state index contributed by atoms with van der Waals surface area (Å²) < 4.78 is 0. The molecule has 0 amide bonds. The third kappa shape index (κ3) is 3.21. The van der Waals surface area contributed by atoms with E-state index in [1.807, 2.05) is 13.0 Å². The van der Waals surface area contributed by atoms with E-state index in [4.69, 9.17) is 0 Å². The summed E-state index contributed by atoms with van der Waals surface area (Å²) in [7, 11) is 2.12. The monoisotopic (exact) mass is 313 g/mol. The zero-order valence-electron chi connectivity index (χ0n) is 14.0. The van der Waals surface area contributed by atoms with E-state index in [2.05, 4.69) is 21.8 Å². The summed E-state index contributed by atoms with van der Waals surface area (Å²) in [5.74, 6) is -0.0208. The van der Waals surface area contributed by atoms with E-state index in [0.29, 0.717) is 17.5 Å². The third-order valence-corrected chi connectivity index (χ3v) is 4.70. The first-order valence-corrected chi connectivity index (χ1v) is 8.03. The molecule has 5 nitrogen and oxygen atoms in total. The molecular weight excluding hydrogens is 290 g/mol. The van der Waals surface area contributed by atoms with Crippen LogP contribution in [0.5, 0.6) is 0 Å². The number of rotatable bonds is 3. The number of nitrogens with one attached hydrogen (secondary N) is 1. The number of piperazine rings is 1. The lowest BCUT2D eigenvalue weighted by atomic mass is 10.0. The van der Waals surface area contributed by atoms with Gasteiger partial charge in [-0.2, -0.15) is 0 Å². The maximum absolute atomic E-state index is 12.9. The van der Waals surface area contributed by atoms with Crippen molar-refractivity contribution in [1.82, 2.24) is 14.8 Å². The van der Waals surface area contributed by atoms with E-state index < -0.39 is 0 Å². The van der Waals surface area contributed by atoms with Crippen molar-refractivity contribution in [2.45, 2.75) is 20.4 Å². The number of Topliss-reactive ketones (excluding diaryl/α,β-unsaturated/α-hetero) is 1. The Bertz CT molecular complexity index is 802. The second-order valence-corrected chi connectivity index (χ2v) is 6.45. The molecular formula is C18H23N3O2. The molecule has 1 saturated heterocycles. The zero-order chi connectivity index (χ0) is 16.6. The van der Waals surface area contributed by atoms with Gasteiger partial charge in [-0.15, -0.1) is 0 Å². The molecule has 1 aromatic heterocycles. The first-order valence-electron chi connectivity index (χ1n) is 8.03. The summed E-state index contributed by atoms with van der Waals surface area (Å²) in [5, 5.41) is 0.604. The van der Waals surface area contributed by atoms with Crippen LogP contribution in [0.4, 0.5) is 0 Å². The highest BCUT2D eigenvalue weighted by atomic mass is 16.1. The first-order chi connectivity index (χ1) is 11.0. The Balaban J connectivity index is 1.99. The number of H-pyrrole nitrogens is 1. The predicted octanol–water partition coefficient (Wildman–Crippen LogP) is 1.79. The van der Waals surface area contributed by atoms with Gasteiger partial charge in [0.1, 0.15) is 0 Å². The van der Waals surface area contributed by atoms with Crippen LogP contribution in [0.25, 0.3) is 10.9 Å². The van der Waals surface area contributed by atoms with E-state index >= 15 is 0 Å². The van der Waals surface area contributed by atoms with Crippen LogP contribution in [0.1, 0.15) is 28.5 Å². The van der Waals surface area contributed by atoms with Gasteiger partial charge in [-0.1, -0.05) is 0 Å². The molecule has 2 aromatic rings. The van der Waals surface area contributed by atoms with Crippen LogP contribution in [0.3, 0.4) is 0 Å². The van der Waals surface area contributed by atoms with Gasteiger partial charge < -0.3 is 9.88 Å². The second-order valence-electron chi connectivity index (χ2n) is 6.45. The summed E-state index contributed by atoms with van der Waals surface area (Å²) in [6.45, 7) is 8.13. The summed E-state index contributed by atoms with van der Waals surface area (Å²) in [6, 6.07) is 5.30. The average molecular weight is 313 g/mol. The highest BCUT2D eigenvalue weighted by Crippen LogP contribution is 2.16. The number of pyridine rings is 1. The highest BCUT2D eigenvalue weighted by molar-refractivity contribution is 5.97. The van der Waals surface area contributed by atoms with E-state index in [1.165, 1.54) is 6.92 Å². The molecule has 3 rings (SSSR count). The number of hydrogen-bond acceptors (Lipinski definition) is 4. The van der Waals surface area contributed by atoms with Crippen molar-refractivity contribution in [2.24, 2.45) is 0 Å². The number of benzene rings is 1. The predicted molar refractivity (Wildman–Crippen MR) is 92.1 cm³/mol. The van der Waals surface area contributed by atoms with Gasteiger partial charge in [0.25, 0.3) is 0 Å². The smallest absolute Gasteiger partial charge is 0.194 e. The first kappa shape index (κ1) is 15.9. The maximum Gasteiger partial charge on any atom is 0.194 e. The van der Waals surface area contributed by atoms with Crippen molar-refractivity contribution in [3.05, 3.63) is 45.2 Å². The van der Waals surface area contributed by atoms with Crippen LogP contribution in [0, 0.1) is 6.92 Å². The molecule has 1 N–H and O–H groups in total. The molecule has 0 saturated carbocycles. The van der Waals surface area contributed by atoms with Crippen molar-refractivity contribution < 1.29 is 4.79 Å². The number of aromatic amines is 1. The maximum atomic E-state index is 12.9. The van der Waals surface area contributed by atoms with Gasteiger partial charge in [-0.05, 0) is 39.1 Å². The van der Waals surface area contributed by atoms with Gasteiger partial charge in [0, 0.05) is 60.4 Å². The Morgan fingerprint density at radius 3 is 2.57 bits per heavy atom. The molecule has 23 heavy (non-hydrogen) atoms. The topological polar surface area (TPSA) is 56.4 Å². The molecule has 122 valence electrons. The summed E-state index contributed by atoms with van der Waals surface area (Å²) in [6.07, 6.45) is 0. The largest absolute Gasteiger partial charge is 0.358 e. The Morgan fingerprint density at radius 2 is 1.91 bits per heavy atom. The number of carbonyl (C=O) groups excluding carboxylic acids is 1. The highest BCUT2D eigenvalue weighted by Gasteiger charge is 2.18. The third-order valence-electron chi connectivity index (χ3n) is 4.70. The SMILES string of the molecule is CC(=O)c1ccc2[nH]c(C)c(CN3CCN(C)CC3)c(=O)c2c1. The molecule has 0 spiro atoms. The molecule has 0 atom stereocenters. The van der Waals surface area contributed by atoms with Crippen LogP contribution < -0.4 is 5.43 Å². The second kappa shape index (κ2) is 6.26. The lowest BCUT2D eigenvalue weighted by molar-refractivity contribution is 0.101. The number of ketones is 1. The van der Waals surface area contributed by atoms with Gasteiger partial charge in [-0.3, -0.25) is 14.5 Å². The number of likely N-dealkylation sites (N-methyl/N-ethyl adjacent to an activating group) is 1. The van der Waals surface area contributed by atoms with E-state index in [-0.39, 0.29) is 11.2 Å². The normalized spacial score (nSPS) is 16.8. The summed E-state index contributed by atoms with van der Waals surface area (Å²) in [4.78, 5) is 32.4. The molecule has 0 aliphatic carbocycles. The van der Waals surface area contributed by atoms with Crippen LogP contribution in [0.2, 0.25) is 0 Å². The van der Waals surface area contributed by atoms with Gasteiger partial charge in [0.2, 0.25) is 0 Å². The number of aryl methyl sites for hydroxylation is 1. The van der Waals surface area contributed by atoms with Crippen LogP contribution in [-0.2, 0) is 6.54 Å². The minimum absolute atomic E-state index is 0.0208. The summed E-state index contributed by atoms with van der Waals surface area (Å²) >= 11 is 0. The zero-order valence-corrected chi connectivity index (χ0v) is 14.0. The molecule has 1 aromatic carbocycles. The number of hydrogen-bond donors (Lipinski definition) is 1. The molecule has 5 heteroatoms. The van der Waals surface area contributed by atoms with Crippen molar-refractivity contribution in [3.63, 3.8) is 0 Å². The van der Waals surface area contributed by atoms with Crippen molar-refractivity contribution in [2.75, 3.05) is 33.2 Å². The minimum atomic E-state index is -0.0208.